The second-order valence-electron chi connectivity index (χ2n) is 12.2. The van der Waals surface area contributed by atoms with Crippen molar-refractivity contribution in [1.82, 2.24) is 0 Å². The first-order chi connectivity index (χ1) is 16.0. The van der Waals surface area contributed by atoms with Crippen LogP contribution in [0.3, 0.4) is 0 Å². The highest BCUT2D eigenvalue weighted by Crippen LogP contribution is 2.68. The molecule has 0 amide bonds. The summed E-state index contributed by atoms with van der Waals surface area (Å²) in [5.41, 5.74) is 7.60. The van der Waals surface area contributed by atoms with Gasteiger partial charge in [0.2, 0.25) is 0 Å². The Hall–Kier alpha value is -1.56. The average Bonchev–Trinajstić information content (AvgIpc) is 3.60. The van der Waals surface area contributed by atoms with Crippen LogP contribution < -0.4 is 0 Å². The van der Waals surface area contributed by atoms with E-state index in [1.54, 1.807) is 11.1 Å². The summed E-state index contributed by atoms with van der Waals surface area (Å²) in [5.74, 6) is 4.64. The van der Waals surface area contributed by atoms with Crippen molar-refractivity contribution >= 4 is 0 Å². The number of hydrogen-bond acceptors (Lipinski definition) is 0. The van der Waals surface area contributed by atoms with Crippen LogP contribution in [0.1, 0.15) is 92.4 Å². The van der Waals surface area contributed by atoms with Gasteiger partial charge >= 0.3 is 0 Å². The van der Waals surface area contributed by atoms with Crippen molar-refractivity contribution in [2.24, 2.45) is 40.4 Å². The summed E-state index contributed by atoms with van der Waals surface area (Å²) >= 11 is 0. The van der Waals surface area contributed by atoms with E-state index in [4.69, 9.17) is 0 Å². The predicted molar refractivity (Wildman–Crippen MR) is 143 cm³/mol. The van der Waals surface area contributed by atoms with Crippen LogP contribution in [-0.2, 0) is 0 Å². The average molecular weight is 443 g/mol. The standard InChI is InChI=1S/C31H40.C2H6/c1-21(22-8-4-5-9-22)27-14-15-28-26-13-12-25-20-24(23-10-6-7-11-23)16-18-30(25,2)29(26)17-19-31(27,28)3;1-2/h4-11,25-29H,12-20H2,1-3H3;1-2H3/t25-,26?,27?,28?,29?,30?,31?;/m0./s1. The molecule has 6 aliphatic carbocycles. The van der Waals surface area contributed by atoms with E-state index in [9.17, 15) is 0 Å². The van der Waals surface area contributed by atoms with Crippen molar-refractivity contribution in [1.29, 1.82) is 0 Å². The fourth-order valence-corrected chi connectivity index (χ4v) is 9.50. The molecule has 0 bridgehead atoms. The van der Waals surface area contributed by atoms with Crippen molar-refractivity contribution in [2.45, 2.75) is 92.4 Å². The topological polar surface area (TPSA) is 0 Å². The molecule has 33 heavy (non-hydrogen) atoms. The summed E-state index contributed by atoms with van der Waals surface area (Å²) in [6.07, 6.45) is 31.2. The van der Waals surface area contributed by atoms with E-state index in [0.717, 1.165) is 29.6 Å². The van der Waals surface area contributed by atoms with Gasteiger partial charge in [-0.25, -0.2) is 0 Å². The summed E-state index contributed by atoms with van der Waals surface area (Å²) in [4.78, 5) is 0. The Labute approximate surface area is 203 Å². The molecule has 0 aromatic carbocycles. The largest absolute Gasteiger partial charge is 0.0683 e. The van der Waals surface area contributed by atoms with Crippen LogP contribution in [0.5, 0.6) is 0 Å². The van der Waals surface area contributed by atoms with E-state index < -0.39 is 0 Å². The lowest BCUT2D eigenvalue weighted by molar-refractivity contribution is -0.102. The first-order valence-corrected chi connectivity index (χ1v) is 14.1. The fraction of sp³-hybridized carbons (Fsp3) is 0.636. The Morgan fingerprint density at radius 1 is 0.758 bits per heavy atom. The molecule has 0 heteroatoms. The summed E-state index contributed by atoms with van der Waals surface area (Å²) in [7, 11) is 0. The smallest absolute Gasteiger partial charge is 0.0140 e. The van der Waals surface area contributed by atoms with E-state index in [1.165, 1.54) is 68.9 Å². The van der Waals surface area contributed by atoms with Crippen LogP contribution in [0.2, 0.25) is 0 Å². The van der Waals surface area contributed by atoms with Crippen LogP contribution >= 0.6 is 0 Å². The highest BCUT2D eigenvalue weighted by atomic mass is 14.6. The lowest BCUT2D eigenvalue weighted by Crippen LogP contribution is -2.53. The van der Waals surface area contributed by atoms with E-state index in [-0.39, 0.29) is 0 Å². The second kappa shape index (κ2) is 8.90. The van der Waals surface area contributed by atoms with Crippen molar-refractivity contribution in [2.75, 3.05) is 0 Å². The van der Waals surface area contributed by atoms with Gasteiger partial charge in [-0.1, -0.05) is 87.4 Å². The van der Waals surface area contributed by atoms with Crippen LogP contribution in [0.15, 0.2) is 70.9 Å². The zero-order valence-corrected chi connectivity index (χ0v) is 21.9. The molecule has 0 heterocycles. The van der Waals surface area contributed by atoms with Gasteiger partial charge in [0.05, 0.1) is 0 Å². The quantitative estimate of drug-likeness (QED) is 0.379. The van der Waals surface area contributed by atoms with E-state index in [1.807, 2.05) is 13.8 Å². The third-order valence-electron chi connectivity index (χ3n) is 11.2. The Morgan fingerprint density at radius 3 is 2.15 bits per heavy atom. The maximum Gasteiger partial charge on any atom is -0.0140 e. The molecule has 4 fully saturated rings. The van der Waals surface area contributed by atoms with Gasteiger partial charge in [0.1, 0.15) is 0 Å². The summed E-state index contributed by atoms with van der Waals surface area (Å²) < 4.78 is 0. The van der Waals surface area contributed by atoms with E-state index >= 15 is 0 Å². The van der Waals surface area contributed by atoms with Gasteiger partial charge in [-0.3, -0.25) is 0 Å². The third kappa shape index (κ3) is 3.62. The van der Waals surface area contributed by atoms with E-state index in [0.29, 0.717) is 10.8 Å². The number of rotatable bonds is 1. The van der Waals surface area contributed by atoms with Gasteiger partial charge in [-0.2, -0.15) is 0 Å². The first-order valence-electron chi connectivity index (χ1n) is 14.1. The lowest BCUT2D eigenvalue weighted by Gasteiger charge is -2.61. The summed E-state index contributed by atoms with van der Waals surface area (Å²) in [6, 6.07) is 0. The van der Waals surface area contributed by atoms with Gasteiger partial charge in [0.25, 0.3) is 0 Å². The second-order valence-corrected chi connectivity index (χ2v) is 12.2. The molecule has 178 valence electrons. The van der Waals surface area contributed by atoms with Crippen molar-refractivity contribution in [3.8, 4) is 0 Å². The molecule has 0 radical (unpaired) electrons. The molecule has 0 aliphatic heterocycles. The van der Waals surface area contributed by atoms with Gasteiger partial charge < -0.3 is 0 Å². The van der Waals surface area contributed by atoms with E-state index in [2.05, 4.69) is 69.4 Å². The molecule has 0 N–H and O–H groups in total. The van der Waals surface area contributed by atoms with Gasteiger partial charge in [0, 0.05) is 0 Å². The lowest BCUT2D eigenvalue weighted by atomic mass is 9.44. The van der Waals surface area contributed by atoms with Crippen LogP contribution in [-0.4, -0.2) is 0 Å². The third-order valence-corrected chi connectivity index (χ3v) is 11.2. The van der Waals surface area contributed by atoms with Gasteiger partial charge in [0.15, 0.2) is 0 Å². The van der Waals surface area contributed by atoms with Gasteiger partial charge in [-0.15, -0.1) is 0 Å². The number of fused-ring (bicyclic) bond motifs is 5. The SMILES string of the molecule is CC.CC(=C1C=CC=C1)C1CCC2C3CC[C@H]4CC(=C5C=CC=C5)CCC4(C)C3CCC12C. The van der Waals surface area contributed by atoms with Crippen LogP contribution in [0, 0.1) is 40.4 Å². The molecule has 6 aliphatic rings. The molecule has 0 spiro atoms. The Morgan fingerprint density at radius 2 is 1.42 bits per heavy atom. The minimum atomic E-state index is 0.535. The van der Waals surface area contributed by atoms with Crippen molar-refractivity contribution in [3.05, 3.63) is 70.9 Å². The molecular weight excluding hydrogens is 396 g/mol. The first kappa shape index (κ1) is 23.2. The number of allylic oxidation sites excluding steroid dienone is 12. The molecule has 4 saturated carbocycles. The van der Waals surface area contributed by atoms with Crippen LogP contribution in [0.25, 0.3) is 0 Å². The number of hydrogen-bond donors (Lipinski definition) is 0. The molecule has 0 saturated heterocycles. The Kier molecular flexibility index (Phi) is 6.26. The van der Waals surface area contributed by atoms with Crippen LogP contribution in [0.4, 0.5) is 0 Å². The zero-order chi connectivity index (χ0) is 23.2. The monoisotopic (exact) mass is 442 g/mol. The molecule has 0 nitrogen and oxygen atoms in total. The predicted octanol–water partition coefficient (Wildman–Crippen LogP) is 9.54. The maximum absolute atomic E-state index is 2.71. The van der Waals surface area contributed by atoms with Crippen molar-refractivity contribution < 1.29 is 0 Å². The van der Waals surface area contributed by atoms with Crippen molar-refractivity contribution in [3.63, 3.8) is 0 Å². The molecule has 6 unspecified atom stereocenters. The Bertz CT molecular complexity index is 921. The Balaban J connectivity index is 0.00000111. The molecule has 7 atom stereocenters. The minimum Gasteiger partial charge on any atom is -0.0683 e. The fourth-order valence-electron chi connectivity index (χ4n) is 9.50. The summed E-state index contributed by atoms with van der Waals surface area (Å²) in [5, 5.41) is 0. The maximum atomic E-state index is 2.71. The molecule has 0 aromatic rings. The highest BCUT2D eigenvalue weighted by Gasteiger charge is 2.60. The molecular formula is C33H46. The molecule has 6 rings (SSSR count). The highest BCUT2D eigenvalue weighted by molar-refractivity contribution is 5.45. The normalized spacial score (nSPS) is 42.7. The summed E-state index contributed by atoms with van der Waals surface area (Å²) in [6.45, 7) is 11.8. The van der Waals surface area contributed by atoms with Gasteiger partial charge in [-0.05, 0) is 116 Å². The zero-order valence-electron chi connectivity index (χ0n) is 21.9. The molecule has 0 aromatic heterocycles. The minimum absolute atomic E-state index is 0.535.